The Hall–Kier alpha value is -2.34. The van der Waals surface area contributed by atoms with E-state index in [-0.39, 0.29) is 5.91 Å². The van der Waals surface area contributed by atoms with Crippen molar-refractivity contribution in [3.8, 4) is 11.5 Å². The molecule has 0 spiro atoms. The van der Waals surface area contributed by atoms with E-state index in [4.69, 9.17) is 9.47 Å². The van der Waals surface area contributed by atoms with Gasteiger partial charge in [0.2, 0.25) is 0 Å². The van der Waals surface area contributed by atoms with Crippen LogP contribution in [0.3, 0.4) is 0 Å². The Bertz CT molecular complexity index is 730. The number of hydrazone groups is 1. The van der Waals surface area contributed by atoms with Crippen molar-refractivity contribution in [2.24, 2.45) is 5.10 Å². The van der Waals surface area contributed by atoms with Crippen LogP contribution in [0.4, 0.5) is 0 Å². The highest BCUT2D eigenvalue weighted by atomic mass is 79.9. The van der Waals surface area contributed by atoms with Crippen molar-refractivity contribution in [3.05, 3.63) is 58.1 Å². The van der Waals surface area contributed by atoms with Gasteiger partial charge in [0.25, 0.3) is 5.91 Å². The van der Waals surface area contributed by atoms with Gasteiger partial charge >= 0.3 is 0 Å². The third kappa shape index (κ3) is 5.90. The number of hydrogen-bond acceptors (Lipinski definition) is 4. The van der Waals surface area contributed by atoms with Gasteiger partial charge in [-0.15, -0.1) is 0 Å². The van der Waals surface area contributed by atoms with Crippen molar-refractivity contribution in [2.45, 2.75) is 20.3 Å². The first kappa shape index (κ1) is 19.0. The molecule has 1 amide bonds. The van der Waals surface area contributed by atoms with Crippen LogP contribution in [0.1, 0.15) is 36.2 Å². The Morgan fingerprint density at radius 3 is 2.60 bits per heavy atom. The molecule has 0 saturated heterocycles. The molecule has 0 heterocycles. The van der Waals surface area contributed by atoms with E-state index in [1.54, 1.807) is 30.5 Å². The SMILES string of the molecule is CCCOc1ccc(C(=O)N/N=C\c2cc(Br)ccc2OCC)cc1. The lowest BCUT2D eigenvalue weighted by Gasteiger charge is -2.07. The standard InChI is InChI=1S/C19H21BrN2O3/c1-3-11-25-17-8-5-14(6-9-17)19(23)22-21-13-15-12-16(20)7-10-18(15)24-4-2/h5-10,12-13H,3-4,11H2,1-2H3,(H,22,23)/b21-13-. The van der Waals surface area contributed by atoms with Crippen LogP contribution in [0, 0.1) is 0 Å². The van der Waals surface area contributed by atoms with Gasteiger partial charge in [0, 0.05) is 15.6 Å². The summed E-state index contributed by atoms with van der Waals surface area (Å²) in [6.07, 6.45) is 2.50. The lowest BCUT2D eigenvalue weighted by molar-refractivity contribution is 0.0955. The van der Waals surface area contributed by atoms with Gasteiger partial charge < -0.3 is 9.47 Å². The second kappa shape index (κ2) is 9.84. The minimum atomic E-state index is -0.286. The fourth-order valence-electron chi connectivity index (χ4n) is 2.05. The molecule has 2 aromatic carbocycles. The van der Waals surface area contributed by atoms with E-state index < -0.39 is 0 Å². The van der Waals surface area contributed by atoms with E-state index in [0.29, 0.717) is 24.5 Å². The van der Waals surface area contributed by atoms with E-state index in [9.17, 15) is 4.79 Å². The Morgan fingerprint density at radius 1 is 1.16 bits per heavy atom. The zero-order valence-corrected chi connectivity index (χ0v) is 15.9. The fraction of sp³-hybridized carbons (Fsp3) is 0.263. The Balaban J connectivity index is 1.99. The largest absolute Gasteiger partial charge is 0.494 e. The zero-order chi connectivity index (χ0) is 18.1. The summed E-state index contributed by atoms with van der Waals surface area (Å²) in [4.78, 5) is 12.1. The quantitative estimate of drug-likeness (QED) is 0.523. The molecule has 0 aliphatic carbocycles. The molecule has 0 bridgehead atoms. The second-order valence-corrected chi connectivity index (χ2v) is 6.10. The molecule has 0 radical (unpaired) electrons. The van der Waals surface area contributed by atoms with Crippen molar-refractivity contribution >= 4 is 28.1 Å². The molecule has 0 aliphatic heterocycles. The van der Waals surface area contributed by atoms with Crippen molar-refractivity contribution in [1.82, 2.24) is 5.43 Å². The number of carbonyl (C=O) groups excluding carboxylic acids is 1. The number of nitrogens with zero attached hydrogens (tertiary/aromatic N) is 1. The van der Waals surface area contributed by atoms with E-state index in [2.05, 4.69) is 26.5 Å². The number of hydrogen-bond donors (Lipinski definition) is 1. The molecule has 2 aromatic rings. The predicted molar refractivity (Wildman–Crippen MR) is 103 cm³/mol. The van der Waals surface area contributed by atoms with E-state index in [0.717, 1.165) is 22.2 Å². The summed E-state index contributed by atoms with van der Waals surface area (Å²) in [7, 11) is 0. The number of benzene rings is 2. The van der Waals surface area contributed by atoms with Gasteiger partial charge in [-0.2, -0.15) is 5.10 Å². The molecule has 0 atom stereocenters. The Kier molecular flexibility index (Phi) is 7.47. The maximum absolute atomic E-state index is 12.1. The Labute approximate surface area is 156 Å². The smallest absolute Gasteiger partial charge is 0.271 e. The normalized spacial score (nSPS) is 10.7. The van der Waals surface area contributed by atoms with Gasteiger partial charge in [-0.1, -0.05) is 22.9 Å². The number of carbonyl (C=O) groups is 1. The van der Waals surface area contributed by atoms with Gasteiger partial charge in [-0.05, 0) is 55.8 Å². The molecule has 0 aromatic heterocycles. The maximum atomic E-state index is 12.1. The molecule has 0 unspecified atom stereocenters. The molecular weight excluding hydrogens is 384 g/mol. The average Bonchev–Trinajstić information content (AvgIpc) is 2.62. The first-order valence-electron chi connectivity index (χ1n) is 8.12. The lowest BCUT2D eigenvalue weighted by Crippen LogP contribution is -2.17. The zero-order valence-electron chi connectivity index (χ0n) is 14.3. The summed E-state index contributed by atoms with van der Waals surface area (Å²) in [6, 6.07) is 12.6. The number of amides is 1. The number of rotatable bonds is 8. The molecule has 0 saturated carbocycles. The Morgan fingerprint density at radius 2 is 1.92 bits per heavy atom. The first-order valence-corrected chi connectivity index (χ1v) is 8.92. The second-order valence-electron chi connectivity index (χ2n) is 5.19. The van der Waals surface area contributed by atoms with Crippen LogP contribution < -0.4 is 14.9 Å². The van der Waals surface area contributed by atoms with Crippen molar-refractivity contribution in [3.63, 3.8) is 0 Å². The van der Waals surface area contributed by atoms with Crippen LogP contribution >= 0.6 is 15.9 Å². The van der Waals surface area contributed by atoms with E-state index in [1.165, 1.54) is 0 Å². The molecule has 25 heavy (non-hydrogen) atoms. The minimum absolute atomic E-state index is 0.286. The van der Waals surface area contributed by atoms with Crippen LogP contribution in [-0.4, -0.2) is 25.3 Å². The average molecular weight is 405 g/mol. The lowest BCUT2D eigenvalue weighted by atomic mass is 10.2. The molecule has 0 aliphatic rings. The molecule has 6 heteroatoms. The minimum Gasteiger partial charge on any atom is -0.494 e. The van der Waals surface area contributed by atoms with Gasteiger partial charge in [-0.3, -0.25) is 4.79 Å². The van der Waals surface area contributed by atoms with E-state index >= 15 is 0 Å². The maximum Gasteiger partial charge on any atom is 0.271 e. The summed E-state index contributed by atoms with van der Waals surface area (Å²) in [5.41, 5.74) is 3.81. The number of nitrogens with one attached hydrogen (secondary N) is 1. The van der Waals surface area contributed by atoms with Crippen LogP contribution in [0.5, 0.6) is 11.5 Å². The van der Waals surface area contributed by atoms with Crippen molar-refractivity contribution < 1.29 is 14.3 Å². The number of ether oxygens (including phenoxy) is 2. The van der Waals surface area contributed by atoms with Crippen LogP contribution in [0.25, 0.3) is 0 Å². The monoisotopic (exact) mass is 404 g/mol. The van der Waals surface area contributed by atoms with Crippen molar-refractivity contribution in [1.29, 1.82) is 0 Å². The molecular formula is C19H21BrN2O3. The molecule has 5 nitrogen and oxygen atoms in total. The third-order valence-electron chi connectivity index (χ3n) is 3.23. The van der Waals surface area contributed by atoms with Gasteiger partial charge in [0.05, 0.1) is 19.4 Å². The molecule has 132 valence electrons. The number of halogens is 1. The summed E-state index contributed by atoms with van der Waals surface area (Å²) in [6.45, 7) is 5.17. The highest BCUT2D eigenvalue weighted by Gasteiger charge is 2.05. The van der Waals surface area contributed by atoms with Crippen LogP contribution in [0.2, 0.25) is 0 Å². The molecule has 0 fully saturated rings. The predicted octanol–water partition coefficient (Wildman–Crippen LogP) is 4.40. The first-order chi connectivity index (χ1) is 12.1. The summed E-state index contributed by atoms with van der Waals surface area (Å²) in [5, 5.41) is 4.02. The van der Waals surface area contributed by atoms with Gasteiger partial charge in [-0.25, -0.2) is 5.43 Å². The molecule has 1 N–H and O–H groups in total. The third-order valence-corrected chi connectivity index (χ3v) is 3.72. The highest BCUT2D eigenvalue weighted by molar-refractivity contribution is 9.10. The van der Waals surface area contributed by atoms with Crippen LogP contribution in [-0.2, 0) is 0 Å². The topological polar surface area (TPSA) is 59.9 Å². The van der Waals surface area contributed by atoms with E-state index in [1.807, 2.05) is 32.0 Å². The molecule has 2 rings (SSSR count). The summed E-state index contributed by atoms with van der Waals surface area (Å²) in [5.74, 6) is 1.17. The van der Waals surface area contributed by atoms with Crippen LogP contribution in [0.15, 0.2) is 52.0 Å². The van der Waals surface area contributed by atoms with Gasteiger partial charge in [0.15, 0.2) is 0 Å². The summed E-state index contributed by atoms with van der Waals surface area (Å²) >= 11 is 3.41. The fourth-order valence-corrected chi connectivity index (χ4v) is 2.43. The van der Waals surface area contributed by atoms with Gasteiger partial charge in [0.1, 0.15) is 11.5 Å². The van der Waals surface area contributed by atoms with Crippen molar-refractivity contribution in [2.75, 3.05) is 13.2 Å². The highest BCUT2D eigenvalue weighted by Crippen LogP contribution is 2.21. The summed E-state index contributed by atoms with van der Waals surface area (Å²) < 4.78 is 11.9.